The van der Waals surface area contributed by atoms with Gasteiger partial charge in [0, 0.05) is 29.8 Å². The molecule has 2 aromatic carbocycles. The number of likely N-dealkylation sites (tertiary alicyclic amines) is 1. The first-order chi connectivity index (χ1) is 16.5. The molecule has 3 aromatic rings. The monoisotopic (exact) mass is 462 g/mol. The minimum atomic E-state index is -0.625. The number of benzene rings is 2. The summed E-state index contributed by atoms with van der Waals surface area (Å²) in [6.07, 6.45) is 6.99. The van der Waals surface area contributed by atoms with Crippen LogP contribution in [0.25, 0.3) is 22.3 Å². The maximum Gasteiger partial charge on any atom is 0.277 e. The molecule has 7 nitrogen and oxygen atoms in total. The van der Waals surface area contributed by atoms with Crippen molar-refractivity contribution >= 4 is 16.9 Å². The predicted molar refractivity (Wildman–Crippen MR) is 134 cm³/mol. The van der Waals surface area contributed by atoms with Crippen LogP contribution in [-0.2, 0) is 6.54 Å². The first-order valence-electron chi connectivity index (χ1n) is 12.3. The van der Waals surface area contributed by atoms with Crippen LogP contribution in [0.1, 0.15) is 62.7 Å². The standard InChI is InChI=1S/C27H34N4O3/c1-19-10-8-11-20(2)30(19)16-6-3-7-17-31-24-15-5-4-14-23(24)28-25(27(31)33)21-12-9-13-22(18-21)26(32)29-34/h4-5,9,12-15,18-20,34H,3,6-8,10-11,16-17H2,1-2H3,(H,29,32). The lowest BCUT2D eigenvalue weighted by Crippen LogP contribution is -2.44. The Balaban J connectivity index is 1.53. The summed E-state index contributed by atoms with van der Waals surface area (Å²) in [5, 5.41) is 8.96. The van der Waals surface area contributed by atoms with E-state index in [0.29, 0.717) is 29.9 Å². The normalized spacial score (nSPS) is 18.8. The molecule has 0 bridgehead atoms. The second-order valence-electron chi connectivity index (χ2n) is 9.36. The maximum absolute atomic E-state index is 13.5. The van der Waals surface area contributed by atoms with Crippen LogP contribution in [0.3, 0.4) is 0 Å². The number of piperidine rings is 1. The summed E-state index contributed by atoms with van der Waals surface area (Å²) in [6.45, 7) is 6.40. The van der Waals surface area contributed by atoms with Gasteiger partial charge in [0.1, 0.15) is 5.69 Å². The molecule has 1 saturated heterocycles. The Morgan fingerprint density at radius 3 is 2.53 bits per heavy atom. The summed E-state index contributed by atoms with van der Waals surface area (Å²) in [6, 6.07) is 15.6. The van der Waals surface area contributed by atoms with E-state index < -0.39 is 5.91 Å². The molecule has 0 spiro atoms. The number of carbonyl (C=O) groups is 1. The summed E-state index contributed by atoms with van der Waals surface area (Å²) in [5.41, 5.74) is 4.16. The van der Waals surface area contributed by atoms with E-state index in [9.17, 15) is 9.59 Å². The van der Waals surface area contributed by atoms with E-state index in [2.05, 4.69) is 23.7 Å². The fourth-order valence-corrected chi connectivity index (χ4v) is 5.13. The van der Waals surface area contributed by atoms with E-state index in [1.54, 1.807) is 29.7 Å². The Labute approximate surface area is 200 Å². The third-order valence-corrected chi connectivity index (χ3v) is 7.03. The molecule has 1 aromatic heterocycles. The number of aromatic nitrogens is 2. The number of unbranched alkanes of at least 4 members (excludes halogenated alkanes) is 2. The van der Waals surface area contributed by atoms with Crippen molar-refractivity contribution in [3.8, 4) is 11.3 Å². The maximum atomic E-state index is 13.5. The van der Waals surface area contributed by atoms with E-state index >= 15 is 0 Å². The molecule has 0 radical (unpaired) electrons. The van der Waals surface area contributed by atoms with Gasteiger partial charge >= 0.3 is 0 Å². The zero-order valence-corrected chi connectivity index (χ0v) is 20.0. The Bertz CT molecular complexity index is 1200. The van der Waals surface area contributed by atoms with E-state index in [-0.39, 0.29) is 11.1 Å². The van der Waals surface area contributed by atoms with Gasteiger partial charge in [0.15, 0.2) is 0 Å². The third kappa shape index (κ3) is 5.21. The minimum absolute atomic E-state index is 0.168. The van der Waals surface area contributed by atoms with Crippen molar-refractivity contribution in [3.63, 3.8) is 0 Å². The second-order valence-corrected chi connectivity index (χ2v) is 9.36. The van der Waals surface area contributed by atoms with Crippen molar-refractivity contribution in [2.45, 2.75) is 71.0 Å². The van der Waals surface area contributed by atoms with Crippen LogP contribution < -0.4 is 11.0 Å². The lowest BCUT2D eigenvalue weighted by atomic mass is 9.97. The van der Waals surface area contributed by atoms with Crippen molar-refractivity contribution in [1.29, 1.82) is 0 Å². The number of carbonyl (C=O) groups excluding carboxylic acids is 1. The Morgan fingerprint density at radius 1 is 1.03 bits per heavy atom. The molecule has 4 rings (SSSR count). The zero-order chi connectivity index (χ0) is 24.1. The van der Waals surface area contributed by atoms with Crippen LogP contribution in [0.4, 0.5) is 0 Å². The highest BCUT2D eigenvalue weighted by atomic mass is 16.5. The van der Waals surface area contributed by atoms with Gasteiger partial charge < -0.3 is 4.57 Å². The molecule has 180 valence electrons. The number of para-hydroxylation sites is 2. The number of hydroxylamine groups is 1. The number of aryl methyl sites for hydroxylation is 1. The number of hydrogen-bond donors (Lipinski definition) is 2. The van der Waals surface area contributed by atoms with Gasteiger partial charge in [-0.15, -0.1) is 0 Å². The molecular weight excluding hydrogens is 428 g/mol. The number of nitrogens with zero attached hydrogens (tertiary/aromatic N) is 3. The third-order valence-electron chi connectivity index (χ3n) is 7.03. The van der Waals surface area contributed by atoms with Crippen LogP contribution in [0, 0.1) is 0 Å². The molecule has 34 heavy (non-hydrogen) atoms. The molecule has 1 fully saturated rings. The summed E-state index contributed by atoms with van der Waals surface area (Å²) < 4.78 is 1.81. The molecule has 0 aliphatic carbocycles. The van der Waals surface area contributed by atoms with Crippen LogP contribution in [0.15, 0.2) is 53.3 Å². The summed E-state index contributed by atoms with van der Waals surface area (Å²) in [4.78, 5) is 32.6. The molecule has 7 heteroatoms. The van der Waals surface area contributed by atoms with E-state index in [0.717, 1.165) is 36.8 Å². The van der Waals surface area contributed by atoms with Gasteiger partial charge in [0.05, 0.1) is 11.0 Å². The molecule has 0 saturated carbocycles. The molecule has 2 heterocycles. The quantitative estimate of drug-likeness (QED) is 0.290. The van der Waals surface area contributed by atoms with Crippen LogP contribution in [-0.4, -0.2) is 44.2 Å². The first kappa shape index (κ1) is 24.1. The van der Waals surface area contributed by atoms with E-state index in [1.807, 2.05) is 28.8 Å². The number of nitrogens with one attached hydrogen (secondary N) is 1. The number of amides is 1. The van der Waals surface area contributed by atoms with Crippen molar-refractivity contribution in [1.82, 2.24) is 19.9 Å². The van der Waals surface area contributed by atoms with Crippen molar-refractivity contribution in [2.24, 2.45) is 0 Å². The molecule has 2 atom stereocenters. The van der Waals surface area contributed by atoms with Gasteiger partial charge in [-0.1, -0.05) is 37.1 Å². The van der Waals surface area contributed by atoms with Gasteiger partial charge in [0.25, 0.3) is 11.5 Å². The summed E-state index contributed by atoms with van der Waals surface area (Å²) >= 11 is 0. The Kier molecular flexibility index (Phi) is 7.75. The first-order valence-corrected chi connectivity index (χ1v) is 12.3. The fourth-order valence-electron chi connectivity index (χ4n) is 5.13. The van der Waals surface area contributed by atoms with Gasteiger partial charge in [-0.2, -0.15) is 0 Å². The number of fused-ring (bicyclic) bond motifs is 1. The lowest BCUT2D eigenvalue weighted by Gasteiger charge is -2.39. The Morgan fingerprint density at radius 2 is 1.76 bits per heavy atom. The Hall–Kier alpha value is -3.03. The average molecular weight is 463 g/mol. The van der Waals surface area contributed by atoms with Crippen molar-refractivity contribution in [2.75, 3.05) is 6.54 Å². The number of rotatable bonds is 8. The van der Waals surface area contributed by atoms with Crippen LogP contribution in [0.5, 0.6) is 0 Å². The second kappa shape index (κ2) is 10.9. The largest absolute Gasteiger partial charge is 0.305 e. The van der Waals surface area contributed by atoms with Gasteiger partial charge in [-0.25, -0.2) is 10.5 Å². The molecule has 1 aliphatic rings. The zero-order valence-electron chi connectivity index (χ0n) is 20.0. The molecule has 2 unspecified atom stereocenters. The number of hydrogen-bond acceptors (Lipinski definition) is 5. The highest BCUT2D eigenvalue weighted by Crippen LogP contribution is 2.23. The predicted octanol–water partition coefficient (Wildman–Crippen LogP) is 4.62. The lowest BCUT2D eigenvalue weighted by molar-refractivity contribution is 0.0706. The SMILES string of the molecule is CC1CCCC(C)N1CCCCCn1c(=O)c(-c2cccc(C(=O)NO)c2)nc2ccccc21. The summed E-state index contributed by atoms with van der Waals surface area (Å²) in [7, 11) is 0. The van der Waals surface area contributed by atoms with Crippen LogP contribution in [0.2, 0.25) is 0 Å². The molecule has 2 N–H and O–H groups in total. The van der Waals surface area contributed by atoms with E-state index in [1.165, 1.54) is 19.3 Å². The highest BCUT2D eigenvalue weighted by Gasteiger charge is 2.23. The topological polar surface area (TPSA) is 87.5 Å². The highest BCUT2D eigenvalue weighted by molar-refractivity contribution is 5.94. The van der Waals surface area contributed by atoms with Crippen LogP contribution >= 0.6 is 0 Å². The van der Waals surface area contributed by atoms with Gasteiger partial charge in [-0.05, 0) is 70.3 Å². The fraction of sp³-hybridized carbons (Fsp3) is 0.444. The molecule has 1 aliphatic heterocycles. The van der Waals surface area contributed by atoms with Crippen molar-refractivity contribution < 1.29 is 10.0 Å². The molecule has 1 amide bonds. The van der Waals surface area contributed by atoms with Gasteiger partial charge in [-0.3, -0.25) is 19.7 Å². The van der Waals surface area contributed by atoms with Crippen molar-refractivity contribution in [3.05, 3.63) is 64.4 Å². The van der Waals surface area contributed by atoms with Gasteiger partial charge in [0.2, 0.25) is 0 Å². The minimum Gasteiger partial charge on any atom is -0.305 e. The summed E-state index contributed by atoms with van der Waals surface area (Å²) in [5.74, 6) is -0.625. The smallest absolute Gasteiger partial charge is 0.277 e. The molecular formula is C27H34N4O3. The average Bonchev–Trinajstić information content (AvgIpc) is 2.85. The van der Waals surface area contributed by atoms with E-state index in [4.69, 9.17) is 5.21 Å².